The molecule has 0 bridgehead atoms. The predicted octanol–water partition coefficient (Wildman–Crippen LogP) is 1.86. The van der Waals surface area contributed by atoms with Crippen molar-refractivity contribution in [2.75, 3.05) is 26.8 Å². The Bertz CT molecular complexity index is 428. The van der Waals surface area contributed by atoms with Crippen LogP contribution in [0.5, 0.6) is 0 Å². The lowest BCUT2D eigenvalue weighted by molar-refractivity contribution is 0.0959. The smallest absolute Gasteiger partial charge is 0.182 e. The highest BCUT2D eigenvalue weighted by Crippen LogP contribution is 2.21. The highest BCUT2D eigenvalue weighted by atomic mass is 79.9. The number of hydrogen-bond acceptors (Lipinski definition) is 4. The van der Waals surface area contributed by atoms with Crippen molar-refractivity contribution in [1.82, 2.24) is 15.1 Å². The number of carbonyl (C=O) groups excluding carboxylic acids is 1. The Balaban J connectivity index is 1.94. The topological polar surface area (TPSA) is 56.2 Å². The maximum atomic E-state index is 12.3. The quantitative estimate of drug-likeness (QED) is 0.776. The van der Waals surface area contributed by atoms with Crippen LogP contribution in [-0.4, -0.2) is 42.4 Å². The van der Waals surface area contributed by atoms with E-state index in [1.165, 1.54) is 6.42 Å². The van der Waals surface area contributed by atoms with E-state index in [2.05, 4.69) is 26.3 Å². The molecule has 1 fully saturated rings. The molecule has 1 saturated heterocycles. The first-order chi connectivity index (χ1) is 9.22. The van der Waals surface area contributed by atoms with Gasteiger partial charge in [-0.1, -0.05) is 0 Å². The van der Waals surface area contributed by atoms with Gasteiger partial charge in [0, 0.05) is 13.5 Å². The number of rotatable bonds is 7. The van der Waals surface area contributed by atoms with Crippen molar-refractivity contribution in [2.45, 2.75) is 25.8 Å². The largest absolute Gasteiger partial charge is 0.383 e. The lowest BCUT2D eigenvalue weighted by Gasteiger charge is -2.09. The molecule has 1 atom stereocenters. The zero-order valence-electron chi connectivity index (χ0n) is 11.2. The van der Waals surface area contributed by atoms with Crippen molar-refractivity contribution in [1.29, 1.82) is 0 Å². The summed E-state index contributed by atoms with van der Waals surface area (Å²) in [5.74, 6) is 0.797. The number of aromatic nitrogens is 2. The molecule has 1 unspecified atom stereocenters. The maximum absolute atomic E-state index is 12.3. The number of halogens is 1. The fourth-order valence-corrected chi connectivity index (χ4v) is 2.92. The summed E-state index contributed by atoms with van der Waals surface area (Å²) in [6.45, 7) is 3.28. The monoisotopic (exact) mass is 329 g/mol. The van der Waals surface area contributed by atoms with Crippen LogP contribution in [0.1, 0.15) is 29.8 Å². The number of hydrogen-bond donors (Lipinski definition) is 1. The minimum Gasteiger partial charge on any atom is -0.383 e. The summed E-state index contributed by atoms with van der Waals surface area (Å²) >= 11 is 3.41. The molecule has 1 aromatic rings. The van der Waals surface area contributed by atoms with Gasteiger partial charge in [-0.15, -0.1) is 0 Å². The van der Waals surface area contributed by atoms with Gasteiger partial charge in [0.15, 0.2) is 5.78 Å². The summed E-state index contributed by atoms with van der Waals surface area (Å²) < 4.78 is 7.54. The third-order valence-corrected chi connectivity index (χ3v) is 4.09. The van der Waals surface area contributed by atoms with Crippen molar-refractivity contribution in [3.63, 3.8) is 0 Å². The van der Waals surface area contributed by atoms with Crippen LogP contribution in [0, 0.1) is 5.92 Å². The number of nitrogens with zero attached hydrogens (tertiary/aromatic N) is 2. The Morgan fingerprint density at radius 1 is 1.68 bits per heavy atom. The standard InChI is InChI=1S/C13H20BrN3O2/c1-19-7-6-17-13(11(14)9-16-17)12(18)3-2-10-4-5-15-8-10/h9-10,15H,2-8H2,1H3. The molecule has 19 heavy (non-hydrogen) atoms. The fourth-order valence-electron chi connectivity index (χ4n) is 2.40. The number of methoxy groups -OCH3 is 1. The van der Waals surface area contributed by atoms with Crippen LogP contribution in [0.4, 0.5) is 0 Å². The van der Waals surface area contributed by atoms with Gasteiger partial charge in [0.2, 0.25) is 0 Å². The van der Waals surface area contributed by atoms with Crippen LogP contribution >= 0.6 is 15.9 Å². The second-order valence-corrected chi connectivity index (χ2v) is 5.73. The van der Waals surface area contributed by atoms with E-state index in [-0.39, 0.29) is 5.78 Å². The molecular weight excluding hydrogens is 310 g/mol. The molecule has 1 aromatic heterocycles. The van der Waals surface area contributed by atoms with Gasteiger partial charge in [0.05, 0.1) is 23.8 Å². The van der Waals surface area contributed by atoms with Crippen molar-refractivity contribution in [2.24, 2.45) is 5.92 Å². The van der Waals surface area contributed by atoms with Crippen molar-refractivity contribution < 1.29 is 9.53 Å². The molecule has 2 rings (SSSR count). The number of nitrogens with one attached hydrogen (secondary N) is 1. The first kappa shape index (κ1) is 14.7. The molecule has 1 N–H and O–H groups in total. The van der Waals surface area contributed by atoms with Crippen LogP contribution in [0.25, 0.3) is 0 Å². The van der Waals surface area contributed by atoms with E-state index in [0.717, 1.165) is 24.0 Å². The molecule has 0 spiro atoms. The summed E-state index contributed by atoms with van der Waals surface area (Å²) in [6.07, 6.45) is 4.40. The second kappa shape index (κ2) is 7.17. The summed E-state index contributed by atoms with van der Waals surface area (Å²) in [6, 6.07) is 0. The van der Waals surface area contributed by atoms with Crippen molar-refractivity contribution in [3.05, 3.63) is 16.4 Å². The van der Waals surface area contributed by atoms with Gasteiger partial charge in [-0.05, 0) is 47.8 Å². The molecule has 5 nitrogen and oxygen atoms in total. The molecular formula is C13H20BrN3O2. The second-order valence-electron chi connectivity index (χ2n) is 4.88. The third kappa shape index (κ3) is 3.87. The Morgan fingerprint density at radius 3 is 3.21 bits per heavy atom. The molecule has 0 radical (unpaired) electrons. The SMILES string of the molecule is COCCn1ncc(Br)c1C(=O)CCC1CCNC1. The lowest BCUT2D eigenvalue weighted by Crippen LogP contribution is -2.15. The fraction of sp³-hybridized carbons (Fsp3) is 0.692. The van der Waals surface area contributed by atoms with Crippen molar-refractivity contribution >= 4 is 21.7 Å². The van der Waals surface area contributed by atoms with Gasteiger partial charge in [-0.25, -0.2) is 0 Å². The van der Waals surface area contributed by atoms with Gasteiger partial charge < -0.3 is 10.1 Å². The summed E-state index contributed by atoms with van der Waals surface area (Å²) in [7, 11) is 1.65. The number of ether oxygens (including phenoxy) is 1. The molecule has 0 amide bonds. The molecule has 2 heterocycles. The Labute approximate surface area is 121 Å². The van der Waals surface area contributed by atoms with E-state index < -0.39 is 0 Å². The first-order valence-electron chi connectivity index (χ1n) is 6.66. The molecule has 1 aliphatic heterocycles. The van der Waals surface area contributed by atoms with Crippen LogP contribution < -0.4 is 5.32 Å². The Hall–Kier alpha value is -0.720. The van der Waals surface area contributed by atoms with Crippen LogP contribution in [0.3, 0.4) is 0 Å². The average molecular weight is 330 g/mol. The Kier molecular flexibility index (Phi) is 5.54. The van der Waals surface area contributed by atoms with Gasteiger partial charge in [0.25, 0.3) is 0 Å². The molecule has 0 aliphatic carbocycles. The zero-order valence-corrected chi connectivity index (χ0v) is 12.8. The van der Waals surface area contributed by atoms with E-state index in [1.54, 1.807) is 18.0 Å². The first-order valence-corrected chi connectivity index (χ1v) is 7.46. The number of Topliss-reactive ketones (excluding diaryl/α,β-unsaturated/α-hetero) is 1. The van der Waals surface area contributed by atoms with Gasteiger partial charge in [-0.3, -0.25) is 9.48 Å². The summed E-state index contributed by atoms with van der Waals surface area (Å²) in [5.41, 5.74) is 0.669. The molecule has 0 aromatic carbocycles. The molecule has 106 valence electrons. The number of ketones is 1. The number of carbonyl (C=O) groups is 1. The Morgan fingerprint density at radius 2 is 2.53 bits per heavy atom. The third-order valence-electron chi connectivity index (χ3n) is 3.51. The summed E-state index contributed by atoms with van der Waals surface area (Å²) in [4.78, 5) is 12.3. The van der Waals surface area contributed by atoms with E-state index in [4.69, 9.17) is 4.74 Å². The minimum atomic E-state index is 0.160. The highest BCUT2D eigenvalue weighted by molar-refractivity contribution is 9.10. The van der Waals surface area contributed by atoms with Crippen LogP contribution in [0.2, 0.25) is 0 Å². The minimum absolute atomic E-state index is 0.160. The lowest BCUT2D eigenvalue weighted by atomic mass is 10.00. The zero-order chi connectivity index (χ0) is 13.7. The maximum Gasteiger partial charge on any atom is 0.182 e. The molecule has 1 aliphatic rings. The highest BCUT2D eigenvalue weighted by Gasteiger charge is 2.20. The molecule has 6 heteroatoms. The van der Waals surface area contributed by atoms with E-state index >= 15 is 0 Å². The normalized spacial score (nSPS) is 18.9. The van der Waals surface area contributed by atoms with Gasteiger partial charge in [-0.2, -0.15) is 5.10 Å². The van der Waals surface area contributed by atoms with E-state index in [1.807, 2.05) is 0 Å². The average Bonchev–Trinajstić information content (AvgIpc) is 3.03. The summed E-state index contributed by atoms with van der Waals surface area (Å²) in [5, 5.41) is 7.54. The van der Waals surface area contributed by atoms with Crippen LogP contribution in [-0.2, 0) is 11.3 Å². The molecule has 0 saturated carbocycles. The predicted molar refractivity (Wildman–Crippen MR) is 76.3 cm³/mol. The van der Waals surface area contributed by atoms with Gasteiger partial charge >= 0.3 is 0 Å². The van der Waals surface area contributed by atoms with E-state index in [9.17, 15) is 4.79 Å². The van der Waals surface area contributed by atoms with E-state index in [0.29, 0.717) is 31.2 Å². The van der Waals surface area contributed by atoms with Crippen molar-refractivity contribution in [3.8, 4) is 0 Å². The van der Waals surface area contributed by atoms with Gasteiger partial charge in [0.1, 0.15) is 5.69 Å². The van der Waals surface area contributed by atoms with Crippen LogP contribution in [0.15, 0.2) is 10.7 Å².